The lowest BCUT2D eigenvalue weighted by molar-refractivity contribution is 0.356. The van der Waals surface area contributed by atoms with Crippen LogP contribution in [0.5, 0.6) is 11.5 Å². The fourth-order valence-electron chi connectivity index (χ4n) is 4.41. The van der Waals surface area contributed by atoms with Crippen molar-refractivity contribution in [3.8, 4) is 22.9 Å². The summed E-state index contributed by atoms with van der Waals surface area (Å²) in [6.07, 6.45) is 8.01. The molecule has 0 aliphatic carbocycles. The summed E-state index contributed by atoms with van der Waals surface area (Å²) in [5, 5.41) is 3.55. The number of nitrogen functional groups attached to an aromatic ring is 1. The first-order chi connectivity index (χ1) is 17.8. The van der Waals surface area contributed by atoms with Gasteiger partial charge in [-0.05, 0) is 18.9 Å². The molecule has 0 fully saturated rings. The molecule has 0 saturated heterocycles. The maximum atomic E-state index is 13.5. The van der Waals surface area contributed by atoms with Crippen molar-refractivity contribution in [3.05, 3.63) is 52.1 Å². The Labute approximate surface area is 215 Å². The van der Waals surface area contributed by atoms with Crippen molar-refractivity contribution in [2.45, 2.75) is 33.2 Å². The summed E-state index contributed by atoms with van der Waals surface area (Å²) in [6, 6.07) is 3.35. The Morgan fingerprint density at radius 3 is 2.59 bits per heavy atom. The van der Waals surface area contributed by atoms with Crippen molar-refractivity contribution >= 4 is 34.3 Å². The van der Waals surface area contributed by atoms with E-state index in [9.17, 15) is 4.79 Å². The number of fused-ring (bicyclic) bond motifs is 1. The lowest BCUT2D eigenvalue weighted by atomic mass is 9.94. The minimum Gasteiger partial charge on any atom is -0.493 e. The third-order valence-electron chi connectivity index (χ3n) is 6.26. The van der Waals surface area contributed by atoms with Gasteiger partial charge < -0.3 is 30.5 Å². The minimum atomic E-state index is -0.356. The number of imidazole rings is 1. The van der Waals surface area contributed by atoms with Crippen LogP contribution in [0.25, 0.3) is 22.4 Å². The molecule has 0 bridgehead atoms. The van der Waals surface area contributed by atoms with E-state index in [0.717, 1.165) is 5.71 Å². The number of nitrogens with two attached hydrogens (primary N) is 1. The largest absolute Gasteiger partial charge is 0.493 e. The monoisotopic (exact) mass is 503 g/mol. The normalized spacial score (nSPS) is 14.6. The van der Waals surface area contributed by atoms with Crippen molar-refractivity contribution in [3.63, 3.8) is 0 Å². The number of aliphatic imine (C=N–C) groups is 2. The van der Waals surface area contributed by atoms with E-state index in [1.54, 1.807) is 39.6 Å². The second-order valence-corrected chi connectivity index (χ2v) is 9.25. The summed E-state index contributed by atoms with van der Waals surface area (Å²) in [7, 11) is 4.75. The molecule has 10 nitrogen and oxygen atoms in total. The number of nitrogens with zero attached hydrogens (tertiary/aromatic N) is 3. The fourth-order valence-corrected chi connectivity index (χ4v) is 4.41. The van der Waals surface area contributed by atoms with Gasteiger partial charge in [-0.2, -0.15) is 0 Å². The fraction of sp³-hybridized carbons (Fsp3) is 0.333. The molecule has 4 rings (SSSR count). The van der Waals surface area contributed by atoms with E-state index in [-0.39, 0.29) is 17.5 Å². The summed E-state index contributed by atoms with van der Waals surface area (Å²) in [5.41, 5.74) is 11.3. The molecule has 1 aromatic carbocycles. The Kier molecular flexibility index (Phi) is 7.47. The number of methoxy groups -OCH3 is 2. The third-order valence-corrected chi connectivity index (χ3v) is 6.26. The molecular formula is C27H33N7O3. The van der Waals surface area contributed by atoms with Crippen LogP contribution in [0.2, 0.25) is 0 Å². The predicted octanol–water partition coefficient (Wildman–Crippen LogP) is 4.31. The summed E-state index contributed by atoms with van der Waals surface area (Å²) < 4.78 is 10.8. The number of hydrogen-bond acceptors (Lipinski definition) is 8. The molecule has 0 radical (unpaired) electrons. The van der Waals surface area contributed by atoms with Crippen molar-refractivity contribution in [1.82, 2.24) is 15.0 Å². The molecule has 3 heterocycles. The van der Waals surface area contributed by atoms with Gasteiger partial charge in [-0.15, -0.1) is 0 Å². The lowest BCUT2D eigenvalue weighted by Crippen LogP contribution is -2.36. The van der Waals surface area contributed by atoms with Crippen molar-refractivity contribution in [1.29, 1.82) is 0 Å². The van der Waals surface area contributed by atoms with Gasteiger partial charge in [0, 0.05) is 43.7 Å². The second kappa shape index (κ2) is 10.7. The van der Waals surface area contributed by atoms with Crippen molar-refractivity contribution in [2.75, 3.05) is 32.3 Å². The van der Waals surface area contributed by atoms with Crippen molar-refractivity contribution < 1.29 is 9.47 Å². The molecule has 0 spiro atoms. The highest BCUT2D eigenvalue weighted by Crippen LogP contribution is 2.35. The number of pyridine rings is 1. The second-order valence-electron chi connectivity index (χ2n) is 9.25. The van der Waals surface area contributed by atoms with Gasteiger partial charge in [0.15, 0.2) is 11.5 Å². The summed E-state index contributed by atoms with van der Waals surface area (Å²) in [4.78, 5) is 33.0. The Morgan fingerprint density at radius 1 is 1.19 bits per heavy atom. The number of allylic oxidation sites excluding steroid dienone is 3. The molecule has 3 aromatic rings. The number of aromatic nitrogens is 3. The van der Waals surface area contributed by atoms with Crippen LogP contribution in [-0.2, 0) is 0 Å². The van der Waals surface area contributed by atoms with Gasteiger partial charge in [-0.25, -0.2) is 4.98 Å². The highest BCUT2D eigenvalue weighted by atomic mass is 16.5. The first-order valence-electron chi connectivity index (χ1n) is 12.0. The zero-order valence-corrected chi connectivity index (χ0v) is 22.0. The number of nitrogens with one attached hydrogen (secondary N) is 3. The molecule has 1 aliphatic heterocycles. The molecule has 1 atom stereocenters. The van der Waals surface area contributed by atoms with Gasteiger partial charge in [0.25, 0.3) is 5.56 Å². The topological polar surface area (TPSA) is 143 Å². The maximum Gasteiger partial charge on any atom is 0.261 e. The van der Waals surface area contributed by atoms with Crippen LogP contribution in [0.1, 0.15) is 32.9 Å². The van der Waals surface area contributed by atoms with Gasteiger partial charge in [0.2, 0.25) is 0 Å². The molecular weight excluding hydrogens is 470 g/mol. The number of hydrogen-bond donors (Lipinski definition) is 4. The van der Waals surface area contributed by atoms with Crippen LogP contribution in [0, 0.1) is 5.92 Å². The number of H-pyrrole nitrogens is 2. The molecule has 2 aromatic heterocycles. The summed E-state index contributed by atoms with van der Waals surface area (Å²) in [5.74, 6) is 1.60. The molecule has 37 heavy (non-hydrogen) atoms. The molecule has 194 valence electrons. The first kappa shape index (κ1) is 25.7. The number of ether oxygens (including phenoxy) is 2. The number of rotatable bonds is 8. The highest BCUT2D eigenvalue weighted by molar-refractivity contribution is 5.99. The number of benzene rings is 1. The zero-order valence-electron chi connectivity index (χ0n) is 22.0. The smallest absolute Gasteiger partial charge is 0.261 e. The average molecular weight is 504 g/mol. The van der Waals surface area contributed by atoms with E-state index in [1.807, 2.05) is 12.2 Å². The molecule has 0 saturated carbocycles. The molecule has 1 aliphatic rings. The van der Waals surface area contributed by atoms with Crippen LogP contribution < -0.4 is 26.1 Å². The number of aromatic amines is 2. The van der Waals surface area contributed by atoms with E-state index in [2.05, 4.69) is 41.0 Å². The Bertz CT molecular complexity index is 1450. The molecule has 0 amide bonds. The summed E-state index contributed by atoms with van der Waals surface area (Å²) >= 11 is 0. The van der Waals surface area contributed by atoms with Crippen LogP contribution in [0.4, 0.5) is 11.4 Å². The van der Waals surface area contributed by atoms with E-state index in [0.29, 0.717) is 57.4 Å². The zero-order chi connectivity index (χ0) is 26.7. The predicted molar refractivity (Wildman–Crippen MR) is 150 cm³/mol. The quantitative estimate of drug-likeness (QED) is 0.337. The maximum absolute atomic E-state index is 13.5. The Morgan fingerprint density at radius 2 is 1.92 bits per heavy atom. The Balaban J connectivity index is 1.91. The standard InChI is InChI=1S/C27H33N7O3/c1-14(2)24(18-10-15(3)8-7-9-30-18)34-25-22(27(35)33-19(13-29-4)23(25)28)26-31-16-11-20(36-5)21(37-6)12-17(16)32-26/h7-9,11-14,24H,10,28H2,1-6H3,(H,31,32)(H2,33,34,35)/t24-/m0/s1. The van der Waals surface area contributed by atoms with Gasteiger partial charge in [0.1, 0.15) is 11.4 Å². The molecule has 5 N–H and O–H groups in total. The summed E-state index contributed by atoms with van der Waals surface area (Å²) in [6.45, 7) is 6.28. The van der Waals surface area contributed by atoms with Crippen LogP contribution in [0.15, 0.2) is 50.8 Å². The van der Waals surface area contributed by atoms with Crippen LogP contribution in [0.3, 0.4) is 0 Å². The van der Waals surface area contributed by atoms with E-state index >= 15 is 0 Å². The van der Waals surface area contributed by atoms with Gasteiger partial charge >= 0.3 is 0 Å². The van der Waals surface area contributed by atoms with Crippen LogP contribution >= 0.6 is 0 Å². The van der Waals surface area contributed by atoms with E-state index in [1.165, 1.54) is 11.8 Å². The minimum absolute atomic E-state index is 0.150. The van der Waals surface area contributed by atoms with E-state index in [4.69, 9.17) is 25.2 Å². The first-order valence-corrected chi connectivity index (χ1v) is 12.0. The van der Waals surface area contributed by atoms with Gasteiger partial charge in [-0.1, -0.05) is 25.5 Å². The van der Waals surface area contributed by atoms with E-state index < -0.39 is 0 Å². The number of anilines is 2. The highest BCUT2D eigenvalue weighted by Gasteiger charge is 2.26. The molecule has 10 heteroatoms. The lowest BCUT2D eigenvalue weighted by Gasteiger charge is -2.27. The van der Waals surface area contributed by atoms with Gasteiger partial charge in [0.05, 0.1) is 48.4 Å². The third kappa shape index (κ3) is 5.13. The van der Waals surface area contributed by atoms with Crippen LogP contribution in [-0.4, -0.2) is 54.2 Å². The molecule has 0 unspecified atom stereocenters. The Hall–Kier alpha value is -4.34. The van der Waals surface area contributed by atoms with Crippen molar-refractivity contribution in [2.24, 2.45) is 15.9 Å². The SMILES string of the molecule is CN=Cc1[nH]c(=O)c(-c2nc3cc(OC)c(OC)cc3[nH]2)c(N[C@H](C2=NC=CC=C(C)C2)C(C)C)c1N. The van der Waals surface area contributed by atoms with Gasteiger partial charge in [-0.3, -0.25) is 14.8 Å². The average Bonchev–Trinajstić information content (AvgIpc) is 3.15.